The molecule has 2 unspecified atom stereocenters. The average Bonchev–Trinajstić information content (AvgIpc) is 2.62. The summed E-state index contributed by atoms with van der Waals surface area (Å²) in [5.74, 6) is 0.383. The third kappa shape index (κ3) is 2.29. The lowest BCUT2D eigenvalue weighted by atomic mass is 9.90. The molecule has 2 rings (SSSR count). The summed E-state index contributed by atoms with van der Waals surface area (Å²) in [6, 6.07) is 0. The lowest BCUT2D eigenvalue weighted by Crippen LogP contribution is -2.23. The maximum absolute atomic E-state index is 10.7. The van der Waals surface area contributed by atoms with E-state index in [9.17, 15) is 4.79 Å². The highest BCUT2D eigenvalue weighted by molar-refractivity contribution is 5.72. The van der Waals surface area contributed by atoms with Crippen molar-refractivity contribution in [2.75, 3.05) is 6.54 Å². The molecule has 1 heterocycles. The molecule has 2 aliphatic rings. The molecule has 3 heteroatoms. The first-order chi connectivity index (χ1) is 7.27. The summed E-state index contributed by atoms with van der Waals surface area (Å²) < 4.78 is 5.51. The summed E-state index contributed by atoms with van der Waals surface area (Å²) in [6.07, 6.45) is 11.1. The Hall–Kier alpha value is -1.51. The van der Waals surface area contributed by atoms with Crippen molar-refractivity contribution in [3.05, 3.63) is 36.1 Å². The second kappa shape index (κ2) is 4.34. The Bertz CT molecular complexity index is 342. The standard InChI is InChI=1S/C12H15NO2/c1-9(14)13-7-6-10-8-15-12-5-3-2-4-11(10)12/h2-5,8,11-12H,6-7H2,1H3,(H,13,14). The van der Waals surface area contributed by atoms with Gasteiger partial charge in [0.05, 0.1) is 6.26 Å². The van der Waals surface area contributed by atoms with E-state index in [0.717, 1.165) is 6.42 Å². The second-order valence-electron chi connectivity index (χ2n) is 3.82. The van der Waals surface area contributed by atoms with Gasteiger partial charge in [-0.15, -0.1) is 0 Å². The van der Waals surface area contributed by atoms with Crippen LogP contribution in [0.15, 0.2) is 36.1 Å². The van der Waals surface area contributed by atoms with Gasteiger partial charge in [0.1, 0.15) is 6.10 Å². The first kappa shape index (κ1) is 10.0. The van der Waals surface area contributed by atoms with Gasteiger partial charge in [0.2, 0.25) is 5.91 Å². The van der Waals surface area contributed by atoms with Crippen LogP contribution >= 0.6 is 0 Å². The van der Waals surface area contributed by atoms with Crippen LogP contribution in [0, 0.1) is 5.92 Å². The van der Waals surface area contributed by atoms with Gasteiger partial charge in [-0.25, -0.2) is 0 Å². The van der Waals surface area contributed by atoms with Crippen LogP contribution in [0.1, 0.15) is 13.3 Å². The molecule has 80 valence electrons. The van der Waals surface area contributed by atoms with E-state index in [0.29, 0.717) is 12.5 Å². The molecule has 0 saturated carbocycles. The third-order valence-electron chi connectivity index (χ3n) is 2.68. The van der Waals surface area contributed by atoms with Crippen molar-refractivity contribution in [2.24, 2.45) is 5.92 Å². The summed E-state index contributed by atoms with van der Waals surface area (Å²) in [6.45, 7) is 2.22. The van der Waals surface area contributed by atoms with Crippen molar-refractivity contribution in [3.8, 4) is 0 Å². The fourth-order valence-corrected chi connectivity index (χ4v) is 1.90. The molecular weight excluding hydrogens is 190 g/mol. The molecule has 15 heavy (non-hydrogen) atoms. The monoisotopic (exact) mass is 205 g/mol. The van der Waals surface area contributed by atoms with E-state index in [1.165, 1.54) is 12.5 Å². The van der Waals surface area contributed by atoms with Gasteiger partial charge in [0.25, 0.3) is 0 Å². The predicted octanol–water partition coefficient (Wildman–Crippen LogP) is 1.54. The van der Waals surface area contributed by atoms with Crippen molar-refractivity contribution in [1.29, 1.82) is 0 Å². The highest BCUT2D eigenvalue weighted by Gasteiger charge is 2.28. The third-order valence-corrected chi connectivity index (χ3v) is 2.68. The largest absolute Gasteiger partial charge is 0.493 e. The second-order valence-corrected chi connectivity index (χ2v) is 3.82. The highest BCUT2D eigenvalue weighted by atomic mass is 16.5. The molecule has 0 saturated heterocycles. The molecule has 1 aliphatic heterocycles. The van der Waals surface area contributed by atoms with Crippen LogP contribution in [0.2, 0.25) is 0 Å². The van der Waals surface area contributed by atoms with Gasteiger partial charge in [-0.05, 0) is 18.1 Å². The van der Waals surface area contributed by atoms with Gasteiger partial charge in [-0.1, -0.05) is 18.2 Å². The van der Waals surface area contributed by atoms with Crippen LogP contribution in [0.4, 0.5) is 0 Å². The van der Waals surface area contributed by atoms with E-state index >= 15 is 0 Å². The summed E-state index contributed by atoms with van der Waals surface area (Å²) >= 11 is 0. The number of hydrogen-bond acceptors (Lipinski definition) is 2. The predicted molar refractivity (Wildman–Crippen MR) is 58.0 cm³/mol. The van der Waals surface area contributed by atoms with Gasteiger partial charge in [-0.2, -0.15) is 0 Å². The van der Waals surface area contributed by atoms with Crippen molar-refractivity contribution >= 4 is 5.91 Å². The maximum Gasteiger partial charge on any atom is 0.216 e. The lowest BCUT2D eigenvalue weighted by molar-refractivity contribution is -0.118. The Balaban J connectivity index is 1.86. The minimum atomic E-state index is 0.0187. The summed E-state index contributed by atoms with van der Waals surface area (Å²) in [5, 5.41) is 2.79. The Kier molecular flexibility index (Phi) is 2.90. The molecule has 0 aromatic rings. The summed E-state index contributed by atoms with van der Waals surface area (Å²) in [4.78, 5) is 10.7. The van der Waals surface area contributed by atoms with Crippen molar-refractivity contribution in [1.82, 2.24) is 5.32 Å². The minimum absolute atomic E-state index is 0.0187. The number of nitrogens with one attached hydrogen (secondary N) is 1. The molecule has 1 aliphatic carbocycles. The molecule has 1 amide bonds. The van der Waals surface area contributed by atoms with Crippen LogP contribution < -0.4 is 5.32 Å². The quantitative estimate of drug-likeness (QED) is 0.759. The van der Waals surface area contributed by atoms with Crippen LogP contribution in [0.3, 0.4) is 0 Å². The van der Waals surface area contributed by atoms with Crippen LogP contribution in [0.5, 0.6) is 0 Å². The van der Waals surface area contributed by atoms with E-state index in [2.05, 4.69) is 17.5 Å². The van der Waals surface area contributed by atoms with Crippen LogP contribution in [0.25, 0.3) is 0 Å². The minimum Gasteiger partial charge on any atom is -0.493 e. The van der Waals surface area contributed by atoms with Gasteiger partial charge in [0.15, 0.2) is 0 Å². The first-order valence-corrected chi connectivity index (χ1v) is 5.21. The fraction of sp³-hybridized carbons (Fsp3) is 0.417. The number of ether oxygens (including phenoxy) is 1. The van der Waals surface area contributed by atoms with Gasteiger partial charge in [0, 0.05) is 19.4 Å². The molecule has 0 aromatic carbocycles. The lowest BCUT2D eigenvalue weighted by Gasteiger charge is -2.17. The van der Waals surface area contributed by atoms with E-state index in [1.807, 2.05) is 18.4 Å². The van der Waals surface area contributed by atoms with Crippen LogP contribution in [-0.2, 0) is 9.53 Å². The fourth-order valence-electron chi connectivity index (χ4n) is 1.90. The Morgan fingerprint density at radius 1 is 1.47 bits per heavy atom. The van der Waals surface area contributed by atoms with E-state index in [1.54, 1.807) is 0 Å². The van der Waals surface area contributed by atoms with Gasteiger partial charge >= 0.3 is 0 Å². The Labute approximate surface area is 89.5 Å². The molecular formula is C12H15NO2. The molecule has 0 bridgehead atoms. The number of fused-ring (bicyclic) bond motifs is 1. The summed E-state index contributed by atoms with van der Waals surface area (Å²) in [7, 11) is 0. The molecule has 0 fully saturated rings. The number of carbonyl (C=O) groups is 1. The van der Waals surface area contributed by atoms with E-state index in [4.69, 9.17) is 4.74 Å². The Morgan fingerprint density at radius 2 is 2.27 bits per heavy atom. The molecule has 1 N–H and O–H groups in total. The normalized spacial score (nSPS) is 26.9. The highest BCUT2D eigenvalue weighted by Crippen LogP contribution is 2.31. The first-order valence-electron chi connectivity index (χ1n) is 5.21. The zero-order chi connectivity index (χ0) is 10.7. The van der Waals surface area contributed by atoms with E-state index < -0.39 is 0 Å². The van der Waals surface area contributed by atoms with Crippen molar-refractivity contribution < 1.29 is 9.53 Å². The smallest absolute Gasteiger partial charge is 0.216 e. The number of amides is 1. The molecule has 3 nitrogen and oxygen atoms in total. The average molecular weight is 205 g/mol. The number of carbonyl (C=O) groups excluding carboxylic acids is 1. The topological polar surface area (TPSA) is 38.3 Å². The zero-order valence-corrected chi connectivity index (χ0v) is 8.77. The molecule has 0 radical (unpaired) electrons. The Morgan fingerprint density at radius 3 is 3.07 bits per heavy atom. The van der Waals surface area contributed by atoms with Gasteiger partial charge in [-0.3, -0.25) is 4.79 Å². The van der Waals surface area contributed by atoms with Crippen molar-refractivity contribution in [2.45, 2.75) is 19.4 Å². The number of rotatable bonds is 3. The SMILES string of the molecule is CC(=O)NCCC1=COC2C=CC=CC12. The molecule has 2 atom stereocenters. The van der Waals surface area contributed by atoms with Crippen LogP contribution in [-0.4, -0.2) is 18.6 Å². The molecule has 0 spiro atoms. The van der Waals surface area contributed by atoms with E-state index in [-0.39, 0.29) is 12.0 Å². The molecule has 0 aromatic heterocycles. The number of hydrogen-bond donors (Lipinski definition) is 1. The zero-order valence-electron chi connectivity index (χ0n) is 8.77. The maximum atomic E-state index is 10.7. The summed E-state index contributed by atoms with van der Waals surface area (Å²) in [5.41, 5.74) is 1.26. The van der Waals surface area contributed by atoms with Gasteiger partial charge < -0.3 is 10.1 Å². The number of allylic oxidation sites excluding steroid dienone is 2. The van der Waals surface area contributed by atoms with Crippen molar-refractivity contribution in [3.63, 3.8) is 0 Å².